The van der Waals surface area contributed by atoms with Gasteiger partial charge in [-0.2, -0.15) is 0 Å². The summed E-state index contributed by atoms with van der Waals surface area (Å²) in [5.74, 6) is -0.378. The number of hydrogen-bond acceptors (Lipinski definition) is 3. The third-order valence-electron chi connectivity index (χ3n) is 10.4. The Morgan fingerprint density at radius 2 is 1.36 bits per heavy atom. The number of imidazole rings is 1. The molecule has 5 heteroatoms. The molecule has 0 saturated heterocycles. The van der Waals surface area contributed by atoms with Crippen molar-refractivity contribution in [3.05, 3.63) is 168 Å². The van der Waals surface area contributed by atoms with Crippen molar-refractivity contribution >= 4 is 11.0 Å². The zero-order valence-electron chi connectivity index (χ0n) is 43.0. The van der Waals surface area contributed by atoms with Gasteiger partial charge in [-0.1, -0.05) is 157 Å². The van der Waals surface area contributed by atoms with Gasteiger partial charge in [-0.25, -0.2) is 4.98 Å². The molecule has 0 bridgehead atoms. The third kappa shape index (κ3) is 7.96. The number of aromatic nitrogens is 3. The Morgan fingerprint density at radius 1 is 0.655 bits per heavy atom. The molecule has 0 aliphatic heterocycles. The first-order valence-corrected chi connectivity index (χ1v) is 19.0. The van der Waals surface area contributed by atoms with Crippen LogP contribution < -0.4 is 0 Å². The quantitative estimate of drug-likeness (QED) is 0.162. The summed E-state index contributed by atoms with van der Waals surface area (Å²) in [4.78, 5) is 10.1. The molecule has 0 saturated carbocycles. The van der Waals surface area contributed by atoms with Gasteiger partial charge in [0.1, 0.15) is 11.6 Å². The maximum absolute atomic E-state index is 11.3. The Balaban J connectivity index is 0.00000684. The molecule has 58 heavy (non-hydrogen) atoms. The summed E-state index contributed by atoms with van der Waals surface area (Å²) in [5, 5.41) is 11.3. The molecule has 8 rings (SSSR count). The second kappa shape index (κ2) is 16.0. The van der Waals surface area contributed by atoms with Crippen molar-refractivity contribution in [2.75, 3.05) is 0 Å². The van der Waals surface area contributed by atoms with Gasteiger partial charge >= 0.3 is 0 Å². The Morgan fingerprint density at radius 3 is 2.07 bits per heavy atom. The minimum atomic E-state index is -3.37. The van der Waals surface area contributed by atoms with Crippen molar-refractivity contribution in [2.24, 2.45) is 0 Å². The van der Waals surface area contributed by atoms with Gasteiger partial charge in [0.15, 0.2) is 0 Å². The number of para-hydroxylation sites is 2. The van der Waals surface area contributed by atoms with E-state index >= 15 is 0 Å². The topological polar surface area (TPSA) is 50.9 Å². The molecule has 294 valence electrons. The van der Waals surface area contributed by atoms with Gasteiger partial charge in [-0.15, -0.1) is 29.3 Å². The standard InChI is InChI=1S/C53H50N3O.Pt/c1-34(2)46-33-42(25-26-43(46)36-15-10-9-11-16-36)56-48-19-14-18-44(50(48)55-51(56)45-17-12-13-20-49(45)57)38-29-39(31-41(30-38)53(6,7)8)47-32-37(27-28-54-47)35-21-23-40(24-22-35)52(3,4)5;/h9-28,30-34,57H,1-8H3;/q-1;/i3D3,4D3,5D3,34D;. The molecule has 0 radical (unpaired) electrons. The van der Waals surface area contributed by atoms with E-state index < -0.39 is 31.9 Å². The Kier molecular flexibility index (Phi) is 8.17. The number of nitrogens with zero attached hydrogens (tertiary/aromatic N) is 3. The molecule has 0 unspecified atom stereocenters. The average molecular weight is 950 g/mol. The van der Waals surface area contributed by atoms with E-state index in [-0.39, 0.29) is 37.8 Å². The maximum Gasteiger partial charge on any atom is 0.148 e. The normalized spacial score (nSPS) is 15.3. The fourth-order valence-corrected chi connectivity index (χ4v) is 7.33. The summed E-state index contributed by atoms with van der Waals surface area (Å²) in [6, 6.07) is 46.2. The van der Waals surface area contributed by atoms with E-state index in [0.29, 0.717) is 39.3 Å². The number of hydrogen-bond donors (Lipinski definition) is 1. The molecule has 0 atom stereocenters. The predicted octanol–water partition coefficient (Wildman–Crippen LogP) is 14.0. The number of benzene rings is 6. The van der Waals surface area contributed by atoms with E-state index in [1.807, 2.05) is 109 Å². The van der Waals surface area contributed by atoms with Crippen molar-refractivity contribution < 1.29 is 39.9 Å². The van der Waals surface area contributed by atoms with Crippen molar-refractivity contribution in [1.82, 2.24) is 14.5 Å². The van der Waals surface area contributed by atoms with Crippen LogP contribution in [0.5, 0.6) is 5.75 Å². The molecule has 2 heterocycles. The first-order valence-electron chi connectivity index (χ1n) is 24.0. The van der Waals surface area contributed by atoms with Gasteiger partial charge in [0.25, 0.3) is 0 Å². The summed E-state index contributed by atoms with van der Waals surface area (Å²) < 4.78 is 84.6. The van der Waals surface area contributed by atoms with E-state index in [0.717, 1.165) is 44.6 Å². The molecular weight excluding hydrogens is 890 g/mol. The van der Waals surface area contributed by atoms with Crippen LogP contribution in [0, 0.1) is 6.07 Å². The van der Waals surface area contributed by atoms with Crippen LogP contribution in [0.3, 0.4) is 0 Å². The van der Waals surface area contributed by atoms with Crippen molar-refractivity contribution in [2.45, 2.75) is 71.9 Å². The number of phenols is 1. The Hall–Kier alpha value is -5.57. The van der Waals surface area contributed by atoms with E-state index in [9.17, 15) is 6.48 Å². The van der Waals surface area contributed by atoms with Gasteiger partial charge < -0.3 is 5.11 Å². The fraction of sp³-hybridized carbons (Fsp3) is 0.208. The number of aromatic hydroxyl groups is 1. The van der Waals surface area contributed by atoms with Crippen LogP contribution in [0.2, 0.25) is 0 Å². The van der Waals surface area contributed by atoms with Crippen LogP contribution in [0.25, 0.3) is 72.7 Å². The van der Waals surface area contributed by atoms with E-state index in [1.165, 1.54) is 24.3 Å². The van der Waals surface area contributed by atoms with Crippen LogP contribution in [-0.2, 0) is 31.9 Å². The maximum atomic E-state index is 11.3. The SMILES string of the molecule is [2H]C(C)(C)c1cc(-n2c(-c3ccccc3O)nc3c(-c4[c-]c(-c5cc(-c6ccc(C(C([2H])([2H])[2H])(C([2H])([2H])[2H])C([2H])([2H])[2H])cc6)ccn5)cc(C(C)(C)C)c4)cccc32)ccc1-c1ccccc1.[Pt]. The van der Waals surface area contributed by atoms with Crippen LogP contribution in [0.4, 0.5) is 0 Å². The second-order valence-electron chi connectivity index (χ2n) is 15.8. The van der Waals surface area contributed by atoms with Crippen molar-refractivity contribution in [1.29, 1.82) is 0 Å². The monoisotopic (exact) mass is 949 g/mol. The summed E-state index contributed by atoms with van der Waals surface area (Å²) in [6.07, 6.45) is 1.64. The van der Waals surface area contributed by atoms with Gasteiger partial charge in [-0.05, 0) is 86.5 Å². The number of rotatable bonds is 7. The number of phenolic OH excluding ortho intramolecular Hbond substituents is 1. The largest absolute Gasteiger partial charge is 0.507 e. The predicted molar refractivity (Wildman–Crippen MR) is 238 cm³/mol. The van der Waals surface area contributed by atoms with Gasteiger partial charge in [-0.3, -0.25) is 9.55 Å². The molecule has 6 aromatic carbocycles. The molecule has 0 amide bonds. The average Bonchev–Trinajstić information content (AvgIpc) is 3.64. The first-order chi connectivity index (χ1) is 31.3. The molecule has 4 nitrogen and oxygen atoms in total. The molecule has 0 spiro atoms. The molecule has 0 aliphatic rings. The third-order valence-corrected chi connectivity index (χ3v) is 10.4. The molecular formula is C53H50N3OPt-. The minimum absolute atomic E-state index is 0. The smallest absolute Gasteiger partial charge is 0.148 e. The van der Waals surface area contributed by atoms with E-state index in [1.54, 1.807) is 24.4 Å². The van der Waals surface area contributed by atoms with Crippen LogP contribution in [0.1, 0.15) is 91.5 Å². The first kappa shape index (κ1) is 29.6. The summed E-state index contributed by atoms with van der Waals surface area (Å²) in [7, 11) is 0. The Bertz CT molecular complexity index is 3090. The van der Waals surface area contributed by atoms with Gasteiger partial charge in [0, 0.05) is 52.4 Å². The van der Waals surface area contributed by atoms with E-state index in [4.69, 9.17) is 22.3 Å². The van der Waals surface area contributed by atoms with Crippen LogP contribution >= 0.6 is 0 Å². The molecule has 0 fully saturated rings. The molecule has 1 N–H and O–H groups in total. The second-order valence-corrected chi connectivity index (χ2v) is 15.8. The van der Waals surface area contributed by atoms with Crippen LogP contribution in [0.15, 0.2) is 146 Å². The summed E-state index contributed by atoms with van der Waals surface area (Å²) >= 11 is 0. The fourth-order valence-electron chi connectivity index (χ4n) is 7.33. The number of fused-ring (bicyclic) bond motifs is 1. The Labute approximate surface area is 372 Å². The van der Waals surface area contributed by atoms with Crippen LogP contribution in [-0.4, -0.2) is 19.6 Å². The van der Waals surface area contributed by atoms with E-state index in [2.05, 4.69) is 32.9 Å². The van der Waals surface area contributed by atoms with Gasteiger partial charge in [0.05, 0.1) is 16.6 Å². The molecule has 8 aromatic rings. The summed E-state index contributed by atoms with van der Waals surface area (Å²) in [5.41, 5.74) is 6.85. The zero-order chi connectivity index (χ0) is 48.5. The van der Waals surface area contributed by atoms with Crippen molar-refractivity contribution in [3.63, 3.8) is 0 Å². The summed E-state index contributed by atoms with van der Waals surface area (Å²) in [6.45, 7) is 0.00104. The minimum Gasteiger partial charge on any atom is -0.507 e. The molecule has 2 aromatic heterocycles. The number of pyridine rings is 1. The molecule has 0 aliphatic carbocycles. The van der Waals surface area contributed by atoms with Crippen molar-refractivity contribution in [3.8, 4) is 67.5 Å². The zero-order valence-corrected chi connectivity index (χ0v) is 35.2. The van der Waals surface area contributed by atoms with Gasteiger partial charge in [0.2, 0.25) is 0 Å².